The zero-order chi connectivity index (χ0) is 10.9. The predicted octanol–water partition coefficient (Wildman–Crippen LogP) is 1.49. The normalized spacial score (nSPS) is 19.8. The van der Waals surface area contributed by atoms with Crippen molar-refractivity contribution in [1.29, 1.82) is 0 Å². The maximum absolute atomic E-state index is 12.4. The third kappa shape index (κ3) is 2.87. The summed E-state index contributed by atoms with van der Waals surface area (Å²) in [5.41, 5.74) is 0. The first-order valence-corrected chi connectivity index (χ1v) is 4.33. The van der Waals surface area contributed by atoms with Gasteiger partial charge in [-0.15, -0.1) is 0 Å². The third-order valence-corrected chi connectivity index (χ3v) is 2.36. The fourth-order valence-electron chi connectivity index (χ4n) is 1.39. The molecule has 0 amide bonds. The van der Waals surface area contributed by atoms with E-state index in [0.717, 1.165) is 17.7 Å². The maximum Gasteiger partial charge on any atom is 0.404 e. The summed E-state index contributed by atoms with van der Waals surface area (Å²) in [6.07, 6.45) is -3.89. The average Bonchev–Trinajstić information content (AvgIpc) is 2.78. The van der Waals surface area contributed by atoms with E-state index in [0.29, 0.717) is 0 Å². The lowest BCUT2D eigenvalue weighted by Crippen LogP contribution is -2.45. The molecule has 1 rings (SSSR count). The number of rotatable bonds is 4. The number of hydrogen-bond donors (Lipinski definition) is 1. The zero-order valence-corrected chi connectivity index (χ0v) is 7.71. The van der Waals surface area contributed by atoms with E-state index in [1.807, 2.05) is 0 Å². The van der Waals surface area contributed by atoms with Gasteiger partial charge in [0.2, 0.25) is 0 Å². The van der Waals surface area contributed by atoms with Crippen LogP contribution in [0.2, 0.25) is 0 Å². The van der Waals surface area contributed by atoms with Crippen LogP contribution in [0.4, 0.5) is 13.2 Å². The van der Waals surface area contributed by atoms with Crippen molar-refractivity contribution in [2.45, 2.75) is 37.5 Å². The molecule has 0 aromatic rings. The fourth-order valence-corrected chi connectivity index (χ4v) is 1.39. The van der Waals surface area contributed by atoms with E-state index in [9.17, 15) is 18.0 Å². The maximum atomic E-state index is 12.4. The van der Waals surface area contributed by atoms with Gasteiger partial charge in [-0.3, -0.25) is 9.69 Å². The topological polar surface area (TPSA) is 40.5 Å². The summed E-state index contributed by atoms with van der Waals surface area (Å²) in [4.78, 5) is 11.4. The second-order valence-corrected chi connectivity index (χ2v) is 3.55. The molecular formula is C8H12F3NO2. The van der Waals surface area contributed by atoms with Crippen molar-refractivity contribution in [1.82, 2.24) is 4.90 Å². The van der Waals surface area contributed by atoms with Crippen LogP contribution in [-0.4, -0.2) is 41.3 Å². The van der Waals surface area contributed by atoms with Gasteiger partial charge in [0.15, 0.2) is 0 Å². The third-order valence-electron chi connectivity index (χ3n) is 2.36. The van der Waals surface area contributed by atoms with E-state index in [1.165, 1.54) is 7.05 Å². The van der Waals surface area contributed by atoms with Gasteiger partial charge in [-0.25, -0.2) is 0 Å². The number of halogens is 3. The minimum atomic E-state index is -4.46. The van der Waals surface area contributed by atoms with Gasteiger partial charge >= 0.3 is 12.1 Å². The van der Waals surface area contributed by atoms with Gasteiger partial charge in [0.05, 0.1) is 6.42 Å². The molecule has 0 bridgehead atoms. The van der Waals surface area contributed by atoms with Gasteiger partial charge in [0, 0.05) is 6.04 Å². The minimum Gasteiger partial charge on any atom is -0.481 e. The SMILES string of the molecule is CN(C1CC1)C(CC(=O)O)C(F)(F)F. The van der Waals surface area contributed by atoms with Crippen LogP contribution in [0.5, 0.6) is 0 Å². The molecule has 0 saturated heterocycles. The van der Waals surface area contributed by atoms with E-state index in [4.69, 9.17) is 5.11 Å². The summed E-state index contributed by atoms with van der Waals surface area (Å²) in [5.74, 6) is -1.42. The van der Waals surface area contributed by atoms with E-state index in [-0.39, 0.29) is 6.04 Å². The molecule has 6 heteroatoms. The Morgan fingerprint density at radius 2 is 2.07 bits per heavy atom. The lowest BCUT2D eigenvalue weighted by molar-refractivity contribution is -0.188. The Kier molecular flexibility index (Phi) is 3.04. The van der Waals surface area contributed by atoms with Gasteiger partial charge in [0.25, 0.3) is 0 Å². The predicted molar refractivity (Wildman–Crippen MR) is 42.9 cm³/mol. The Balaban J connectivity index is 2.64. The summed E-state index contributed by atoms with van der Waals surface area (Å²) in [6.45, 7) is 0. The molecule has 1 aliphatic rings. The molecule has 0 aliphatic heterocycles. The highest BCUT2D eigenvalue weighted by atomic mass is 19.4. The summed E-state index contributed by atoms with van der Waals surface area (Å²) >= 11 is 0. The number of nitrogens with zero attached hydrogens (tertiary/aromatic N) is 1. The molecule has 1 aliphatic carbocycles. The van der Waals surface area contributed by atoms with Crippen LogP contribution >= 0.6 is 0 Å². The molecule has 3 nitrogen and oxygen atoms in total. The van der Waals surface area contributed by atoms with Crippen LogP contribution in [0.15, 0.2) is 0 Å². The van der Waals surface area contributed by atoms with Crippen LogP contribution in [0.1, 0.15) is 19.3 Å². The molecular weight excluding hydrogens is 199 g/mol. The lowest BCUT2D eigenvalue weighted by atomic mass is 10.1. The quantitative estimate of drug-likeness (QED) is 0.765. The van der Waals surface area contributed by atoms with Crippen molar-refractivity contribution in [3.8, 4) is 0 Å². The molecule has 0 aromatic heterocycles. The Morgan fingerprint density at radius 1 is 1.57 bits per heavy atom. The molecule has 14 heavy (non-hydrogen) atoms. The van der Waals surface area contributed by atoms with Gasteiger partial charge in [-0.05, 0) is 19.9 Å². The van der Waals surface area contributed by atoms with Crippen molar-refractivity contribution in [3.63, 3.8) is 0 Å². The first-order chi connectivity index (χ1) is 6.32. The fraction of sp³-hybridized carbons (Fsp3) is 0.875. The van der Waals surface area contributed by atoms with E-state index in [2.05, 4.69) is 0 Å². The Bertz CT molecular complexity index is 225. The van der Waals surface area contributed by atoms with Gasteiger partial charge in [0.1, 0.15) is 6.04 Å². The molecule has 1 N–H and O–H groups in total. The van der Waals surface area contributed by atoms with Crippen LogP contribution in [0, 0.1) is 0 Å². The highest BCUT2D eigenvalue weighted by molar-refractivity contribution is 5.67. The van der Waals surface area contributed by atoms with Crippen molar-refractivity contribution in [2.24, 2.45) is 0 Å². The smallest absolute Gasteiger partial charge is 0.404 e. The second-order valence-electron chi connectivity index (χ2n) is 3.55. The number of aliphatic carboxylic acids is 1. The first kappa shape index (κ1) is 11.3. The number of carboxylic acids is 1. The van der Waals surface area contributed by atoms with E-state index in [1.54, 1.807) is 0 Å². The largest absolute Gasteiger partial charge is 0.481 e. The molecule has 1 saturated carbocycles. The van der Waals surface area contributed by atoms with Crippen molar-refractivity contribution in [3.05, 3.63) is 0 Å². The number of hydrogen-bond acceptors (Lipinski definition) is 2. The Labute approximate surface area is 79.5 Å². The van der Waals surface area contributed by atoms with Crippen molar-refractivity contribution >= 4 is 5.97 Å². The molecule has 0 spiro atoms. The summed E-state index contributed by atoms with van der Waals surface area (Å²) in [6, 6.07) is -1.95. The standard InChI is InChI=1S/C8H12F3NO2/c1-12(5-2-3-5)6(4-7(13)14)8(9,10)11/h5-6H,2-4H2,1H3,(H,13,14). The average molecular weight is 211 g/mol. The second kappa shape index (κ2) is 3.76. The molecule has 0 radical (unpaired) electrons. The molecule has 1 fully saturated rings. The highest BCUT2D eigenvalue weighted by Crippen LogP contribution is 2.34. The number of carboxylic acid groups (broad SMARTS) is 1. The molecule has 0 aromatic carbocycles. The van der Waals surface area contributed by atoms with E-state index < -0.39 is 24.6 Å². The van der Waals surface area contributed by atoms with Crippen LogP contribution in [-0.2, 0) is 4.79 Å². The first-order valence-electron chi connectivity index (χ1n) is 4.33. The molecule has 1 atom stereocenters. The summed E-state index contributed by atoms with van der Waals surface area (Å²) < 4.78 is 37.2. The van der Waals surface area contributed by atoms with Gasteiger partial charge in [-0.2, -0.15) is 13.2 Å². The lowest BCUT2D eigenvalue weighted by Gasteiger charge is -2.28. The number of carbonyl (C=O) groups is 1. The molecule has 82 valence electrons. The highest BCUT2D eigenvalue weighted by Gasteiger charge is 2.47. The van der Waals surface area contributed by atoms with Crippen LogP contribution in [0.25, 0.3) is 0 Å². The monoisotopic (exact) mass is 211 g/mol. The van der Waals surface area contributed by atoms with Crippen molar-refractivity contribution < 1.29 is 23.1 Å². The number of alkyl halides is 3. The van der Waals surface area contributed by atoms with Crippen LogP contribution < -0.4 is 0 Å². The van der Waals surface area contributed by atoms with E-state index >= 15 is 0 Å². The Morgan fingerprint density at radius 3 is 2.36 bits per heavy atom. The van der Waals surface area contributed by atoms with Crippen LogP contribution in [0.3, 0.4) is 0 Å². The minimum absolute atomic E-state index is 0.0963. The summed E-state index contributed by atoms with van der Waals surface area (Å²) in [5, 5.41) is 8.37. The molecule has 1 unspecified atom stereocenters. The zero-order valence-electron chi connectivity index (χ0n) is 7.71. The molecule has 0 heterocycles. The van der Waals surface area contributed by atoms with Crippen molar-refractivity contribution in [2.75, 3.05) is 7.05 Å². The van der Waals surface area contributed by atoms with Gasteiger partial charge in [-0.1, -0.05) is 0 Å². The summed E-state index contributed by atoms with van der Waals surface area (Å²) in [7, 11) is 1.33. The van der Waals surface area contributed by atoms with Gasteiger partial charge < -0.3 is 5.11 Å². The Hall–Kier alpha value is -0.780.